The first-order chi connectivity index (χ1) is 9.83. The van der Waals surface area contributed by atoms with Crippen LogP contribution in [0.2, 0.25) is 0 Å². The first kappa shape index (κ1) is 14.8. The highest BCUT2D eigenvalue weighted by Gasteiger charge is 2.19. The molecule has 2 rings (SSSR count). The van der Waals surface area contributed by atoms with E-state index >= 15 is 0 Å². The van der Waals surface area contributed by atoms with Gasteiger partial charge in [-0.1, -0.05) is 0 Å². The van der Waals surface area contributed by atoms with Crippen LogP contribution in [0, 0.1) is 0 Å². The van der Waals surface area contributed by atoms with Crippen LogP contribution in [0.1, 0.15) is 36.0 Å². The van der Waals surface area contributed by atoms with Crippen molar-refractivity contribution < 1.29 is 9.53 Å². The molecular formula is C15H23N3O2. The molecule has 0 aromatic carbocycles. The van der Waals surface area contributed by atoms with Crippen LogP contribution < -0.4 is 10.2 Å². The van der Waals surface area contributed by atoms with E-state index in [4.69, 9.17) is 4.74 Å². The Morgan fingerprint density at radius 3 is 2.95 bits per heavy atom. The fraction of sp³-hybridized carbons (Fsp3) is 0.600. The Kier molecular flexibility index (Phi) is 5.80. The van der Waals surface area contributed by atoms with Gasteiger partial charge in [-0.05, 0) is 37.8 Å². The van der Waals surface area contributed by atoms with Crippen molar-refractivity contribution in [1.29, 1.82) is 0 Å². The van der Waals surface area contributed by atoms with E-state index in [-0.39, 0.29) is 5.91 Å². The van der Waals surface area contributed by atoms with Crippen LogP contribution in [0.5, 0.6) is 0 Å². The van der Waals surface area contributed by atoms with Gasteiger partial charge in [0.25, 0.3) is 5.91 Å². The molecule has 0 radical (unpaired) electrons. The van der Waals surface area contributed by atoms with Crippen LogP contribution in [-0.2, 0) is 4.74 Å². The summed E-state index contributed by atoms with van der Waals surface area (Å²) in [5, 5.41) is 2.93. The Labute approximate surface area is 120 Å². The summed E-state index contributed by atoms with van der Waals surface area (Å²) in [6.07, 6.45) is 6.19. The van der Waals surface area contributed by atoms with Crippen molar-refractivity contribution in [1.82, 2.24) is 10.3 Å². The molecule has 1 aliphatic rings. The summed E-state index contributed by atoms with van der Waals surface area (Å²) in [4.78, 5) is 18.9. The fourth-order valence-corrected chi connectivity index (χ4v) is 2.45. The van der Waals surface area contributed by atoms with Gasteiger partial charge in [0.15, 0.2) is 0 Å². The molecule has 110 valence electrons. The van der Waals surface area contributed by atoms with E-state index in [1.165, 1.54) is 19.3 Å². The summed E-state index contributed by atoms with van der Waals surface area (Å²) in [6.45, 7) is 3.26. The first-order valence-corrected chi connectivity index (χ1v) is 7.30. The lowest BCUT2D eigenvalue weighted by atomic mass is 10.1. The summed E-state index contributed by atoms with van der Waals surface area (Å²) in [5.74, 6) is 0.770. The zero-order valence-corrected chi connectivity index (χ0v) is 12.1. The minimum Gasteiger partial charge on any atom is -0.385 e. The van der Waals surface area contributed by atoms with Crippen LogP contribution in [-0.4, -0.2) is 44.2 Å². The average molecular weight is 277 g/mol. The van der Waals surface area contributed by atoms with Crippen molar-refractivity contribution in [3.8, 4) is 0 Å². The molecule has 0 saturated carbocycles. The number of nitrogens with one attached hydrogen (secondary N) is 1. The number of rotatable bonds is 6. The van der Waals surface area contributed by atoms with Crippen molar-refractivity contribution in [3.05, 3.63) is 23.9 Å². The molecule has 1 aliphatic heterocycles. The van der Waals surface area contributed by atoms with Crippen molar-refractivity contribution in [2.24, 2.45) is 0 Å². The molecule has 0 atom stereocenters. The quantitative estimate of drug-likeness (QED) is 0.806. The van der Waals surface area contributed by atoms with Crippen LogP contribution in [0.15, 0.2) is 18.3 Å². The lowest BCUT2D eigenvalue weighted by Gasteiger charge is -2.29. The number of pyridine rings is 1. The summed E-state index contributed by atoms with van der Waals surface area (Å²) < 4.78 is 4.98. The Morgan fingerprint density at radius 2 is 2.20 bits per heavy atom. The van der Waals surface area contributed by atoms with Crippen LogP contribution >= 0.6 is 0 Å². The van der Waals surface area contributed by atoms with E-state index in [1.54, 1.807) is 13.3 Å². The summed E-state index contributed by atoms with van der Waals surface area (Å²) in [6, 6.07) is 3.67. The van der Waals surface area contributed by atoms with E-state index in [1.807, 2.05) is 12.1 Å². The lowest BCUT2D eigenvalue weighted by Crippen LogP contribution is -2.33. The zero-order chi connectivity index (χ0) is 14.2. The topological polar surface area (TPSA) is 54.5 Å². The maximum absolute atomic E-state index is 12.3. The van der Waals surface area contributed by atoms with Crippen LogP contribution in [0.25, 0.3) is 0 Å². The molecule has 0 unspecified atom stereocenters. The molecule has 0 aliphatic carbocycles. The van der Waals surface area contributed by atoms with E-state index in [0.29, 0.717) is 18.7 Å². The molecule has 0 spiro atoms. The highest BCUT2D eigenvalue weighted by atomic mass is 16.5. The maximum Gasteiger partial charge on any atom is 0.255 e. The van der Waals surface area contributed by atoms with E-state index in [2.05, 4.69) is 15.2 Å². The van der Waals surface area contributed by atoms with Gasteiger partial charge >= 0.3 is 0 Å². The Morgan fingerprint density at radius 1 is 1.40 bits per heavy atom. The normalized spacial score (nSPS) is 15.2. The predicted octanol–water partition coefficient (Wildman–Crippen LogP) is 1.84. The first-order valence-electron chi connectivity index (χ1n) is 7.30. The second kappa shape index (κ2) is 7.85. The summed E-state index contributed by atoms with van der Waals surface area (Å²) in [5.41, 5.74) is 0.673. The van der Waals surface area contributed by atoms with Gasteiger partial charge < -0.3 is 15.0 Å². The Balaban J connectivity index is 2.01. The van der Waals surface area contributed by atoms with Crippen molar-refractivity contribution >= 4 is 11.7 Å². The minimum atomic E-state index is -0.0465. The number of hydrogen-bond donors (Lipinski definition) is 1. The molecule has 1 aromatic rings. The third kappa shape index (κ3) is 3.93. The largest absolute Gasteiger partial charge is 0.385 e. The predicted molar refractivity (Wildman–Crippen MR) is 79.1 cm³/mol. The monoisotopic (exact) mass is 277 g/mol. The van der Waals surface area contributed by atoms with Gasteiger partial charge in [0.2, 0.25) is 0 Å². The van der Waals surface area contributed by atoms with Crippen molar-refractivity contribution in [3.63, 3.8) is 0 Å². The number of piperidine rings is 1. The van der Waals surface area contributed by atoms with Gasteiger partial charge in [0.05, 0.1) is 5.56 Å². The number of methoxy groups -OCH3 is 1. The number of anilines is 1. The maximum atomic E-state index is 12.3. The van der Waals surface area contributed by atoms with Gasteiger partial charge in [-0.15, -0.1) is 0 Å². The number of aromatic nitrogens is 1. The second-order valence-electron chi connectivity index (χ2n) is 5.02. The molecular weight excluding hydrogens is 254 g/mol. The molecule has 1 amide bonds. The highest BCUT2D eigenvalue weighted by Crippen LogP contribution is 2.21. The minimum absolute atomic E-state index is 0.0465. The molecule has 1 fully saturated rings. The zero-order valence-electron chi connectivity index (χ0n) is 12.1. The van der Waals surface area contributed by atoms with Gasteiger partial charge in [-0.25, -0.2) is 4.98 Å². The van der Waals surface area contributed by atoms with Crippen molar-refractivity contribution in [2.45, 2.75) is 25.7 Å². The van der Waals surface area contributed by atoms with Crippen LogP contribution in [0.4, 0.5) is 5.82 Å². The Bertz CT molecular complexity index is 431. The SMILES string of the molecule is COCCCNC(=O)c1cccnc1N1CCCCC1. The fourth-order valence-electron chi connectivity index (χ4n) is 2.45. The number of amides is 1. The van der Waals surface area contributed by atoms with Crippen LogP contribution in [0.3, 0.4) is 0 Å². The molecule has 5 heteroatoms. The third-order valence-corrected chi connectivity index (χ3v) is 3.50. The number of carbonyl (C=O) groups is 1. The van der Waals surface area contributed by atoms with Gasteiger partial charge in [-0.3, -0.25) is 4.79 Å². The third-order valence-electron chi connectivity index (χ3n) is 3.50. The van der Waals surface area contributed by atoms with Gasteiger partial charge in [-0.2, -0.15) is 0 Å². The number of hydrogen-bond acceptors (Lipinski definition) is 4. The highest BCUT2D eigenvalue weighted by molar-refractivity contribution is 5.98. The van der Waals surface area contributed by atoms with E-state index < -0.39 is 0 Å². The number of ether oxygens (including phenoxy) is 1. The smallest absolute Gasteiger partial charge is 0.255 e. The second-order valence-corrected chi connectivity index (χ2v) is 5.02. The van der Waals surface area contributed by atoms with Gasteiger partial charge in [0.1, 0.15) is 5.82 Å². The molecule has 1 N–H and O–H groups in total. The molecule has 0 bridgehead atoms. The number of nitrogens with zero attached hydrogens (tertiary/aromatic N) is 2. The molecule has 1 saturated heterocycles. The summed E-state index contributed by atoms with van der Waals surface area (Å²) >= 11 is 0. The standard InChI is InChI=1S/C15H23N3O2/c1-20-12-6-9-17-15(19)13-7-5-8-16-14(13)18-10-3-2-4-11-18/h5,7-8H,2-4,6,9-12H2,1H3,(H,17,19). The lowest BCUT2D eigenvalue weighted by molar-refractivity contribution is 0.0948. The molecule has 20 heavy (non-hydrogen) atoms. The molecule has 5 nitrogen and oxygen atoms in total. The van der Waals surface area contributed by atoms with Crippen molar-refractivity contribution in [2.75, 3.05) is 38.3 Å². The number of carbonyl (C=O) groups excluding carboxylic acids is 1. The Hall–Kier alpha value is -1.62. The molecule has 1 aromatic heterocycles. The van der Waals surface area contributed by atoms with E-state index in [0.717, 1.165) is 25.3 Å². The molecule has 2 heterocycles. The van der Waals surface area contributed by atoms with E-state index in [9.17, 15) is 4.79 Å². The summed E-state index contributed by atoms with van der Waals surface area (Å²) in [7, 11) is 1.66. The van der Waals surface area contributed by atoms with Gasteiger partial charge in [0, 0.05) is 39.5 Å². The average Bonchev–Trinajstić information content (AvgIpc) is 2.52.